The van der Waals surface area contributed by atoms with Gasteiger partial charge in [0, 0.05) is 18.0 Å². The van der Waals surface area contributed by atoms with Crippen LogP contribution in [0.15, 0.2) is 24.8 Å². The Morgan fingerprint density at radius 3 is 2.82 bits per heavy atom. The first-order valence-electron chi connectivity index (χ1n) is 4.67. The molecule has 6 nitrogen and oxygen atoms in total. The monoisotopic (exact) mass is 250 g/mol. The molecule has 0 amide bonds. The number of halogens is 1. The van der Waals surface area contributed by atoms with Crippen molar-refractivity contribution in [3.63, 3.8) is 0 Å². The van der Waals surface area contributed by atoms with Crippen LogP contribution in [0.4, 0.5) is 5.69 Å². The van der Waals surface area contributed by atoms with Gasteiger partial charge in [0.05, 0.1) is 4.92 Å². The SMILES string of the molecule is Cc1ccncc1-c1ncnc(Cl)c1[N+](=O)[O-]. The fourth-order valence-electron chi connectivity index (χ4n) is 1.43. The van der Waals surface area contributed by atoms with E-state index < -0.39 is 4.92 Å². The van der Waals surface area contributed by atoms with Gasteiger partial charge in [-0.2, -0.15) is 0 Å². The molecule has 0 spiro atoms. The average molecular weight is 251 g/mol. The van der Waals surface area contributed by atoms with Crippen LogP contribution in [-0.2, 0) is 0 Å². The number of nitrogens with zero attached hydrogens (tertiary/aromatic N) is 4. The summed E-state index contributed by atoms with van der Waals surface area (Å²) in [6.07, 6.45) is 4.31. The van der Waals surface area contributed by atoms with Gasteiger partial charge in [0.1, 0.15) is 6.33 Å². The molecule has 0 saturated heterocycles. The minimum Gasteiger partial charge on any atom is -0.264 e. The van der Waals surface area contributed by atoms with E-state index in [0.29, 0.717) is 5.56 Å². The van der Waals surface area contributed by atoms with E-state index in [-0.39, 0.29) is 16.5 Å². The largest absolute Gasteiger partial charge is 0.332 e. The van der Waals surface area contributed by atoms with Crippen molar-refractivity contribution in [1.29, 1.82) is 0 Å². The van der Waals surface area contributed by atoms with Crippen LogP contribution >= 0.6 is 11.6 Å². The van der Waals surface area contributed by atoms with Crippen LogP contribution < -0.4 is 0 Å². The molecule has 17 heavy (non-hydrogen) atoms. The van der Waals surface area contributed by atoms with Crippen LogP contribution in [0, 0.1) is 17.0 Å². The Bertz CT molecular complexity index is 588. The molecular weight excluding hydrogens is 244 g/mol. The number of hydrogen-bond acceptors (Lipinski definition) is 5. The molecule has 86 valence electrons. The lowest BCUT2D eigenvalue weighted by molar-refractivity contribution is -0.384. The summed E-state index contributed by atoms with van der Waals surface area (Å²) >= 11 is 5.71. The first kappa shape index (κ1) is 11.4. The van der Waals surface area contributed by atoms with Crippen molar-refractivity contribution in [1.82, 2.24) is 15.0 Å². The van der Waals surface area contributed by atoms with Gasteiger partial charge >= 0.3 is 5.69 Å². The summed E-state index contributed by atoms with van der Waals surface area (Å²) in [7, 11) is 0. The van der Waals surface area contributed by atoms with Crippen LogP contribution in [0.5, 0.6) is 0 Å². The summed E-state index contributed by atoms with van der Waals surface area (Å²) in [5, 5.41) is 10.8. The molecule has 7 heteroatoms. The van der Waals surface area contributed by atoms with Crippen LogP contribution in [-0.4, -0.2) is 19.9 Å². The predicted octanol–water partition coefficient (Wildman–Crippen LogP) is 2.41. The minimum absolute atomic E-state index is 0.178. The maximum atomic E-state index is 10.9. The summed E-state index contributed by atoms with van der Waals surface area (Å²) in [6, 6.07) is 1.75. The van der Waals surface area contributed by atoms with E-state index in [9.17, 15) is 10.1 Å². The summed E-state index contributed by atoms with van der Waals surface area (Å²) in [6.45, 7) is 1.82. The Morgan fingerprint density at radius 1 is 1.41 bits per heavy atom. The highest BCUT2D eigenvalue weighted by Crippen LogP contribution is 2.33. The van der Waals surface area contributed by atoms with Gasteiger partial charge in [-0.1, -0.05) is 11.6 Å². The zero-order valence-corrected chi connectivity index (χ0v) is 9.55. The van der Waals surface area contributed by atoms with Gasteiger partial charge in [-0.05, 0) is 18.6 Å². The van der Waals surface area contributed by atoms with E-state index in [1.54, 1.807) is 12.3 Å². The second-order valence-electron chi connectivity index (χ2n) is 3.31. The summed E-state index contributed by atoms with van der Waals surface area (Å²) in [4.78, 5) is 21.8. The van der Waals surface area contributed by atoms with Gasteiger partial charge in [-0.25, -0.2) is 9.97 Å². The van der Waals surface area contributed by atoms with Crippen molar-refractivity contribution in [2.45, 2.75) is 6.92 Å². The Morgan fingerprint density at radius 2 is 2.18 bits per heavy atom. The zero-order chi connectivity index (χ0) is 12.4. The zero-order valence-electron chi connectivity index (χ0n) is 8.79. The Balaban J connectivity index is 2.72. The molecule has 0 unspecified atom stereocenters. The highest BCUT2D eigenvalue weighted by Gasteiger charge is 2.23. The predicted molar refractivity (Wildman–Crippen MR) is 61.7 cm³/mol. The number of pyridine rings is 1. The van der Waals surface area contributed by atoms with Gasteiger partial charge < -0.3 is 0 Å². The topological polar surface area (TPSA) is 81.8 Å². The molecule has 0 atom stereocenters. The smallest absolute Gasteiger partial charge is 0.264 e. The molecule has 0 bridgehead atoms. The van der Waals surface area contributed by atoms with Crippen molar-refractivity contribution < 1.29 is 4.92 Å². The van der Waals surface area contributed by atoms with E-state index >= 15 is 0 Å². The molecule has 0 fully saturated rings. The number of nitro groups is 1. The van der Waals surface area contributed by atoms with E-state index in [4.69, 9.17) is 11.6 Å². The molecule has 0 saturated carbocycles. The van der Waals surface area contributed by atoms with Gasteiger partial charge in [-0.3, -0.25) is 15.1 Å². The van der Waals surface area contributed by atoms with E-state index in [1.807, 2.05) is 6.92 Å². The van der Waals surface area contributed by atoms with Crippen LogP contribution in [0.25, 0.3) is 11.3 Å². The summed E-state index contributed by atoms with van der Waals surface area (Å²) in [5.41, 5.74) is 1.28. The first-order valence-corrected chi connectivity index (χ1v) is 5.05. The molecule has 0 aliphatic rings. The lowest BCUT2D eigenvalue weighted by Crippen LogP contribution is -1.99. The lowest BCUT2D eigenvalue weighted by Gasteiger charge is -2.04. The number of rotatable bonds is 2. The minimum atomic E-state index is -0.593. The molecule has 0 aromatic carbocycles. The third-order valence-electron chi connectivity index (χ3n) is 2.25. The maximum absolute atomic E-state index is 10.9. The fourth-order valence-corrected chi connectivity index (χ4v) is 1.63. The van der Waals surface area contributed by atoms with Crippen LogP contribution in [0.2, 0.25) is 5.15 Å². The highest BCUT2D eigenvalue weighted by atomic mass is 35.5. The second kappa shape index (κ2) is 4.42. The van der Waals surface area contributed by atoms with Gasteiger partial charge in [0.25, 0.3) is 0 Å². The summed E-state index contributed by atoms with van der Waals surface area (Å²) in [5.74, 6) is 0. The molecule has 2 rings (SSSR count). The van der Waals surface area contributed by atoms with Crippen molar-refractivity contribution in [3.05, 3.63) is 45.6 Å². The number of hydrogen-bond donors (Lipinski definition) is 0. The second-order valence-corrected chi connectivity index (χ2v) is 3.67. The van der Waals surface area contributed by atoms with Gasteiger partial charge in [0.2, 0.25) is 5.15 Å². The lowest BCUT2D eigenvalue weighted by atomic mass is 10.1. The summed E-state index contributed by atoms with van der Waals surface area (Å²) < 4.78 is 0. The fraction of sp³-hybridized carbons (Fsp3) is 0.100. The third-order valence-corrected chi connectivity index (χ3v) is 2.53. The van der Waals surface area contributed by atoms with E-state index in [1.165, 1.54) is 12.5 Å². The standard InChI is InChI=1S/C10H7ClN4O2/c1-6-2-3-12-4-7(6)8-9(15(16)17)10(11)14-5-13-8/h2-5H,1H3. The molecule has 2 heterocycles. The van der Waals surface area contributed by atoms with Crippen LogP contribution in [0.3, 0.4) is 0 Å². The first-order chi connectivity index (χ1) is 8.11. The maximum Gasteiger partial charge on any atom is 0.332 e. The Labute approximate surface area is 101 Å². The van der Waals surface area contributed by atoms with Crippen molar-refractivity contribution in [3.8, 4) is 11.3 Å². The van der Waals surface area contributed by atoms with Gasteiger partial charge in [0.15, 0.2) is 5.69 Å². The quantitative estimate of drug-likeness (QED) is 0.464. The normalized spacial score (nSPS) is 10.2. The van der Waals surface area contributed by atoms with Crippen molar-refractivity contribution in [2.75, 3.05) is 0 Å². The van der Waals surface area contributed by atoms with Crippen molar-refractivity contribution >= 4 is 17.3 Å². The highest BCUT2D eigenvalue weighted by molar-refractivity contribution is 6.31. The van der Waals surface area contributed by atoms with E-state index in [0.717, 1.165) is 5.56 Å². The molecule has 0 N–H and O–H groups in total. The molecular formula is C10H7ClN4O2. The molecule has 2 aromatic rings. The Hall–Kier alpha value is -2.08. The van der Waals surface area contributed by atoms with E-state index in [2.05, 4.69) is 15.0 Å². The van der Waals surface area contributed by atoms with Crippen molar-refractivity contribution in [2.24, 2.45) is 0 Å². The number of aryl methyl sites for hydroxylation is 1. The molecule has 0 aliphatic heterocycles. The van der Waals surface area contributed by atoms with Gasteiger partial charge in [-0.15, -0.1) is 0 Å². The number of aromatic nitrogens is 3. The Kier molecular flexibility index (Phi) is 2.97. The third kappa shape index (κ3) is 2.07. The van der Waals surface area contributed by atoms with Crippen LogP contribution in [0.1, 0.15) is 5.56 Å². The molecule has 2 aromatic heterocycles. The average Bonchev–Trinajstić information content (AvgIpc) is 2.28. The molecule has 0 radical (unpaired) electrons. The molecule has 0 aliphatic carbocycles.